The summed E-state index contributed by atoms with van der Waals surface area (Å²) in [5, 5.41) is 0. The maximum atomic E-state index is 12.1. The van der Waals surface area contributed by atoms with Crippen LogP contribution in [0.1, 0.15) is 63.2 Å². The molecule has 1 aromatic carbocycles. The average molecular weight is 290 g/mol. The van der Waals surface area contributed by atoms with Crippen molar-refractivity contribution in [3.63, 3.8) is 0 Å². The number of carbonyl (C=O) groups is 1. The quantitative estimate of drug-likeness (QED) is 0.384. The zero-order valence-corrected chi connectivity index (χ0v) is 13.4. The summed E-state index contributed by atoms with van der Waals surface area (Å²) in [4.78, 5) is 12.1. The van der Waals surface area contributed by atoms with Gasteiger partial charge in [0.05, 0.1) is 6.61 Å². The summed E-state index contributed by atoms with van der Waals surface area (Å²) in [5.74, 6) is 1.01. The van der Waals surface area contributed by atoms with Crippen LogP contribution in [0.2, 0.25) is 0 Å². The Bertz CT molecular complexity index is 458. The van der Waals surface area contributed by atoms with Gasteiger partial charge in [-0.3, -0.25) is 4.79 Å². The molecule has 0 amide bonds. The first kappa shape index (κ1) is 16.0. The van der Waals surface area contributed by atoms with Crippen LogP contribution in [0.25, 0.3) is 0 Å². The number of ketones is 1. The van der Waals surface area contributed by atoms with E-state index in [1.807, 2.05) is 38.1 Å². The molecule has 1 aliphatic heterocycles. The number of unbranched alkanes of at least 4 members (excludes halogenated alkanes) is 3. The van der Waals surface area contributed by atoms with E-state index in [4.69, 9.17) is 9.47 Å². The van der Waals surface area contributed by atoms with Gasteiger partial charge in [0.1, 0.15) is 17.5 Å². The molecule has 0 bridgehead atoms. The van der Waals surface area contributed by atoms with Crippen LogP contribution in [0.5, 0.6) is 5.75 Å². The number of Topliss-reactive ketones (excluding diaryl/α,β-unsaturated/α-hetero) is 1. The van der Waals surface area contributed by atoms with Gasteiger partial charge in [-0.25, -0.2) is 0 Å². The smallest absolute Gasteiger partial charge is 0.162 e. The van der Waals surface area contributed by atoms with Gasteiger partial charge >= 0.3 is 0 Å². The molecule has 0 saturated carbocycles. The lowest BCUT2D eigenvalue weighted by Gasteiger charge is -2.24. The van der Waals surface area contributed by atoms with Gasteiger partial charge in [-0.2, -0.15) is 0 Å². The number of ether oxygens (including phenoxy) is 2. The van der Waals surface area contributed by atoms with Gasteiger partial charge in [0.15, 0.2) is 5.78 Å². The molecule has 1 fully saturated rings. The highest BCUT2D eigenvalue weighted by Gasteiger charge is 2.41. The molecule has 1 unspecified atom stereocenters. The SMILES string of the molecule is CCCCCCC(=O)c1ccc(OC(C)(C)C2CO2)cc1. The van der Waals surface area contributed by atoms with Crippen molar-refractivity contribution in [2.24, 2.45) is 0 Å². The molecule has 21 heavy (non-hydrogen) atoms. The van der Waals surface area contributed by atoms with Gasteiger partial charge in [-0.15, -0.1) is 0 Å². The van der Waals surface area contributed by atoms with Crippen molar-refractivity contribution in [2.75, 3.05) is 6.61 Å². The summed E-state index contributed by atoms with van der Waals surface area (Å²) in [6, 6.07) is 7.48. The molecule has 2 rings (SSSR count). The van der Waals surface area contributed by atoms with Gasteiger partial charge in [0, 0.05) is 12.0 Å². The zero-order valence-electron chi connectivity index (χ0n) is 13.4. The lowest BCUT2D eigenvalue weighted by atomic mass is 10.0. The molecule has 0 aromatic heterocycles. The highest BCUT2D eigenvalue weighted by Crippen LogP contribution is 2.29. The van der Waals surface area contributed by atoms with E-state index in [1.165, 1.54) is 12.8 Å². The first-order valence-corrected chi connectivity index (χ1v) is 7.97. The van der Waals surface area contributed by atoms with Crippen molar-refractivity contribution in [1.82, 2.24) is 0 Å². The molecule has 0 N–H and O–H groups in total. The van der Waals surface area contributed by atoms with Crippen molar-refractivity contribution >= 4 is 5.78 Å². The third kappa shape index (κ3) is 4.85. The minimum Gasteiger partial charge on any atom is -0.485 e. The molecular formula is C18H26O3. The van der Waals surface area contributed by atoms with E-state index in [1.54, 1.807) is 0 Å². The summed E-state index contributed by atoms with van der Waals surface area (Å²) in [6.07, 6.45) is 5.34. The number of epoxide rings is 1. The highest BCUT2D eigenvalue weighted by atomic mass is 16.6. The Morgan fingerprint density at radius 2 is 1.90 bits per heavy atom. The molecule has 3 nitrogen and oxygen atoms in total. The van der Waals surface area contributed by atoms with Gasteiger partial charge < -0.3 is 9.47 Å². The van der Waals surface area contributed by atoms with Crippen LogP contribution in [0.15, 0.2) is 24.3 Å². The van der Waals surface area contributed by atoms with E-state index in [0.717, 1.165) is 30.8 Å². The van der Waals surface area contributed by atoms with Crippen molar-refractivity contribution in [3.8, 4) is 5.75 Å². The van der Waals surface area contributed by atoms with Crippen LogP contribution >= 0.6 is 0 Å². The molecule has 0 spiro atoms. The van der Waals surface area contributed by atoms with E-state index in [-0.39, 0.29) is 17.5 Å². The lowest BCUT2D eigenvalue weighted by Crippen LogP contribution is -2.34. The molecular weight excluding hydrogens is 264 g/mol. The maximum absolute atomic E-state index is 12.1. The van der Waals surface area contributed by atoms with E-state index in [9.17, 15) is 4.79 Å². The Hall–Kier alpha value is -1.35. The molecule has 1 aliphatic rings. The van der Waals surface area contributed by atoms with Gasteiger partial charge in [0.25, 0.3) is 0 Å². The second-order valence-corrected chi connectivity index (χ2v) is 6.29. The van der Waals surface area contributed by atoms with E-state index >= 15 is 0 Å². The van der Waals surface area contributed by atoms with Crippen LogP contribution in [-0.4, -0.2) is 24.1 Å². The number of carbonyl (C=O) groups excluding carboxylic acids is 1. The molecule has 1 atom stereocenters. The van der Waals surface area contributed by atoms with Gasteiger partial charge in [-0.05, 0) is 44.5 Å². The van der Waals surface area contributed by atoms with Crippen molar-refractivity contribution < 1.29 is 14.3 Å². The monoisotopic (exact) mass is 290 g/mol. The topological polar surface area (TPSA) is 38.8 Å². The number of benzene rings is 1. The van der Waals surface area contributed by atoms with Crippen LogP contribution in [0, 0.1) is 0 Å². The molecule has 1 aromatic rings. The van der Waals surface area contributed by atoms with Crippen molar-refractivity contribution in [2.45, 2.75) is 64.6 Å². The Labute approximate surface area is 127 Å². The predicted molar refractivity (Wildman–Crippen MR) is 84.0 cm³/mol. The first-order chi connectivity index (χ1) is 10.0. The summed E-state index contributed by atoms with van der Waals surface area (Å²) in [6.45, 7) is 6.99. The molecule has 0 radical (unpaired) electrons. The standard InChI is InChI=1S/C18H26O3/c1-4-5-6-7-8-16(19)14-9-11-15(12-10-14)21-18(2,3)17-13-20-17/h9-12,17H,4-8,13H2,1-3H3. The fourth-order valence-corrected chi connectivity index (χ4v) is 2.38. The third-order valence-corrected chi connectivity index (χ3v) is 3.92. The van der Waals surface area contributed by atoms with Gasteiger partial charge in [0.2, 0.25) is 0 Å². The Morgan fingerprint density at radius 3 is 2.48 bits per heavy atom. The summed E-state index contributed by atoms with van der Waals surface area (Å²) < 4.78 is 11.2. The fraction of sp³-hybridized carbons (Fsp3) is 0.611. The van der Waals surface area contributed by atoms with E-state index in [0.29, 0.717) is 6.42 Å². The second kappa shape index (κ2) is 7.08. The summed E-state index contributed by atoms with van der Waals surface area (Å²) in [7, 11) is 0. The average Bonchev–Trinajstić information content (AvgIpc) is 3.29. The normalized spacial score (nSPS) is 17.6. The number of hydrogen-bond acceptors (Lipinski definition) is 3. The van der Waals surface area contributed by atoms with Crippen molar-refractivity contribution in [3.05, 3.63) is 29.8 Å². The molecule has 116 valence electrons. The Kier molecular flexibility index (Phi) is 5.40. The summed E-state index contributed by atoms with van der Waals surface area (Å²) >= 11 is 0. The Morgan fingerprint density at radius 1 is 1.24 bits per heavy atom. The van der Waals surface area contributed by atoms with Crippen LogP contribution < -0.4 is 4.74 Å². The zero-order chi connectivity index (χ0) is 15.3. The second-order valence-electron chi connectivity index (χ2n) is 6.29. The minimum absolute atomic E-state index is 0.178. The number of rotatable bonds is 9. The summed E-state index contributed by atoms with van der Waals surface area (Å²) in [5.41, 5.74) is 0.463. The molecule has 3 heteroatoms. The van der Waals surface area contributed by atoms with Crippen LogP contribution in [0.4, 0.5) is 0 Å². The number of hydrogen-bond donors (Lipinski definition) is 0. The third-order valence-electron chi connectivity index (χ3n) is 3.92. The molecule has 1 saturated heterocycles. The molecule has 1 heterocycles. The van der Waals surface area contributed by atoms with Gasteiger partial charge in [-0.1, -0.05) is 26.2 Å². The fourth-order valence-electron chi connectivity index (χ4n) is 2.38. The van der Waals surface area contributed by atoms with Crippen molar-refractivity contribution in [1.29, 1.82) is 0 Å². The first-order valence-electron chi connectivity index (χ1n) is 7.97. The maximum Gasteiger partial charge on any atom is 0.162 e. The highest BCUT2D eigenvalue weighted by molar-refractivity contribution is 5.96. The molecule has 0 aliphatic carbocycles. The van der Waals surface area contributed by atoms with Crippen LogP contribution in [-0.2, 0) is 4.74 Å². The Balaban J connectivity index is 1.84. The van der Waals surface area contributed by atoms with Crippen LogP contribution in [0.3, 0.4) is 0 Å². The predicted octanol–water partition coefficient (Wildman–Crippen LogP) is 4.40. The minimum atomic E-state index is -0.314. The largest absolute Gasteiger partial charge is 0.485 e. The van der Waals surface area contributed by atoms with E-state index in [2.05, 4.69) is 6.92 Å². The lowest BCUT2D eigenvalue weighted by molar-refractivity contribution is 0.0744. The van der Waals surface area contributed by atoms with E-state index < -0.39 is 0 Å².